The van der Waals surface area contributed by atoms with E-state index in [9.17, 15) is 0 Å². The summed E-state index contributed by atoms with van der Waals surface area (Å²) in [5.74, 6) is 0. The predicted octanol–water partition coefficient (Wildman–Crippen LogP) is 1.55. The van der Waals surface area contributed by atoms with Crippen LogP contribution < -0.4 is 5.32 Å². The summed E-state index contributed by atoms with van der Waals surface area (Å²) < 4.78 is 5.84. The topological polar surface area (TPSA) is 21.3 Å². The molecule has 0 aliphatic carbocycles. The molecule has 1 N–H and O–H groups in total. The predicted molar refractivity (Wildman–Crippen MR) is 46.7 cm³/mol. The van der Waals surface area contributed by atoms with Gasteiger partial charge >= 0.3 is 0 Å². The van der Waals surface area contributed by atoms with Crippen molar-refractivity contribution < 1.29 is 4.74 Å². The maximum atomic E-state index is 5.84. The maximum absolute atomic E-state index is 5.84. The molecule has 0 saturated carbocycles. The highest BCUT2D eigenvalue weighted by atomic mass is 16.5. The van der Waals surface area contributed by atoms with E-state index < -0.39 is 0 Å². The molecule has 0 atom stereocenters. The van der Waals surface area contributed by atoms with Gasteiger partial charge in [-0.3, -0.25) is 0 Å². The summed E-state index contributed by atoms with van der Waals surface area (Å²) in [6.45, 7) is 8.63. The smallest absolute Gasteiger partial charge is 0.0682 e. The molecule has 66 valence electrons. The fraction of sp³-hybridized carbons (Fsp3) is 1.00. The van der Waals surface area contributed by atoms with Crippen LogP contribution in [0.2, 0.25) is 0 Å². The van der Waals surface area contributed by atoms with Crippen molar-refractivity contribution in [2.45, 2.75) is 45.3 Å². The lowest BCUT2D eigenvalue weighted by atomic mass is 9.94. The molecule has 1 fully saturated rings. The molecule has 1 aliphatic heterocycles. The van der Waals surface area contributed by atoms with Crippen molar-refractivity contribution in [3.8, 4) is 0 Å². The molecule has 1 aliphatic rings. The minimum Gasteiger partial charge on any atom is -0.373 e. The molecule has 0 aromatic rings. The lowest BCUT2D eigenvalue weighted by Gasteiger charge is -2.35. The Labute approximate surface area is 69.3 Å². The van der Waals surface area contributed by atoms with Crippen LogP contribution in [0.4, 0.5) is 0 Å². The molecular formula is C9H19NO. The van der Waals surface area contributed by atoms with Gasteiger partial charge in [0.05, 0.1) is 11.7 Å². The van der Waals surface area contributed by atoms with Gasteiger partial charge in [0.25, 0.3) is 0 Å². The third kappa shape index (κ3) is 2.80. The van der Waals surface area contributed by atoms with Crippen LogP contribution in [0.1, 0.15) is 33.6 Å². The number of hydrogen-bond donors (Lipinski definition) is 1. The summed E-state index contributed by atoms with van der Waals surface area (Å²) in [5, 5.41) is 3.33. The second kappa shape index (κ2) is 3.55. The summed E-state index contributed by atoms with van der Waals surface area (Å²) in [7, 11) is 0. The molecule has 2 nitrogen and oxygen atoms in total. The average Bonchev–Trinajstić information content (AvgIpc) is 1.85. The SMILES string of the molecule is CC(C)OC1(C)CCNCC1. The first-order chi connectivity index (χ1) is 5.12. The van der Waals surface area contributed by atoms with Crippen molar-refractivity contribution >= 4 is 0 Å². The lowest BCUT2D eigenvalue weighted by Crippen LogP contribution is -2.42. The lowest BCUT2D eigenvalue weighted by molar-refractivity contribution is -0.0843. The molecule has 0 aromatic heterocycles. The van der Waals surface area contributed by atoms with E-state index >= 15 is 0 Å². The van der Waals surface area contributed by atoms with Crippen LogP contribution in [0.5, 0.6) is 0 Å². The highest BCUT2D eigenvalue weighted by molar-refractivity contribution is 4.82. The summed E-state index contributed by atoms with van der Waals surface area (Å²) in [6, 6.07) is 0. The molecule has 11 heavy (non-hydrogen) atoms. The van der Waals surface area contributed by atoms with E-state index in [0.29, 0.717) is 6.10 Å². The zero-order chi connectivity index (χ0) is 8.32. The molecule has 0 unspecified atom stereocenters. The van der Waals surface area contributed by atoms with E-state index in [1.54, 1.807) is 0 Å². The first-order valence-corrected chi connectivity index (χ1v) is 4.51. The molecule has 0 bridgehead atoms. The highest BCUT2D eigenvalue weighted by Gasteiger charge is 2.27. The summed E-state index contributed by atoms with van der Waals surface area (Å²) in [5.41, 5.74) is 0.138. The number of ether oxygens (including phenoxy) is 1. The Hall–Kier alpha value is -0.0800. The van der Waals surface area contributed by atoms with Gasteiger partial charge in [-0.2, -0.15) is 0 Å². The largest absolute Gasteiger partial charge is 0.373 e. The van der Waals surface area contributed by atoms with E-state index in [1.165, 1.54) is 0 Å². The van der Waals surface area contributed by atoms with E-state index in [1.807, 2.05) is 0 Å². The van der Waals surface area contributed by atoms with Crippen LogP contribution in [0.3, 0.4) is 0 Å². The van der Waals surface area contributed by atoms with Gasteiger partial charge in [-0.1, -0.05) is 0 Å². The van der Waals surface area contributed by atoms with Crippen molar-refractivity contribution in [2.75, 3.05) is 13.1 Å². The minimum atomic E-state index is 0.138. The third-order valence-corrected chi connectivity index (χ3v) is 2.18. The van der Waals surface area contributed by atoms with Gasteiger partial charge in [-0.25, -0.2) is 0 Å². The molecule has 0 spiro atoms. The van der Waals surface area contributed by atoms with E-state index in [0.717, 1.165) is 25.9 Å². The molecule has 1 saturated heterocycles. The third-order valence-electron chi connectivity index (χ3n) is 2.18. The van der Waals surface area contributed by atoms with E-state index in [4.69, 9.17) is 4.74 Å². The zero-order valence-corrected chi connectivity index (χ0v) is 7.81. The van der Waals surface area contributed by atoms with Gasteiger partial charge in [-0.15, -0.1) is 0 Å². The Morgan fingerprint density at radius 3 is 2.27 bits per heavy atom. The molecule has 0 aromatic carbocycles. The summed E-state index contributed by atoms with van der Waals surface area (Å²) in [6.07, 6.45) is 2.65. The summed E-state index contributed by atoms with van der Waals surface area (Å²) >= 11 is 0. The highest BCUT2D eigenvalue weighted by Crippen LogP contribution is 2.23. The zero-order valence-electron chi connectivity index (χ0n) is 7.81. The van der Waals surface area contributed by atoms with Crippen molar-refractivity contribution in [1.82, 2.24) is 5.32 Å². The number of piperidine rings is 1. The molecule has 1 rings (SSSR count). The molecular weight excluding hydrogens is 138 g/mol. The van der Waals surface area contributed by atoms with Crippen molar-refractivity contribution in [1.29, 1.82) is 0 Å². The Bertz CT molecular complexity index is 117. The fourth-order valence-corrected chi connectivity index (χ4v) is 1.64. The number of nitrogens with one attached hydrogen (secondary N) is 1. The van der Waals surface area contributed by atoms with Crippen LogP contribution >= 0.6 is 0 Å². The van der Waals surface area contributed by atoms with Gasteiger partial charge in [-0.05, 0) is 46.7 Å². The quantitative estimate of drug-likeness (QED) is 0.656. The standard InChI is InChI=1S/C9H19NO/c1-8(2)11-9(3)4-6-10-7-5-9/h8,10H,4-7H2,1-3H3. The Balaban J connectivity index is 2.37. The van der Waals surface area contributed by atoms with Crippen molar-refractivity contribution in [3.05, 3.63) is 0 Å². The van der Waals surface area contributed by atoms with Crippen LogP contribution in [-0.2, 0) is 4.74 Å². The Morgan fingerprint density at radius 2 is 1.82 bits per heavy atom. The summed E-state index contributed by atoms with van der Waals surface area (Å²) in [4.78, 5) is 0. The van der Waals surface area contributed by atoms with Crippen molar-refractivity contribution in [2.24, 2.45) is 0 Å². The second-order valence-electron chi connectivity index (χ2n) is 3.87. The average molecular weight is 157 g/mol. The fourth-order valence-electron chi connectivity index (χ4n) is 1.64. The van der Waals surface area contributed by atoms with Crippen LogP contribution in [0.25, 0.3) is 0 Å². The van der Waals surface area contributed by atoms with Crippen molar-refractivity contribution in [3.63, 3.8) is 0 Å². The minimum absolute atomic E-state index is 0.138. The first kappa shape index (κ1) is 9.01. The second-order valence-corrected chi connectivity index (χ2v) is 3.87. The molecule has 0 amide bonds. The molecule has 2 heteroatoms. The first-order valence-electron chi connectivity index (χ1n) is 4.51. The van der Waals surface area contributed by atoms with Gasteiger partial charge in [0.1, 0.15) is 0 Å². The Morgan fingerprint density at radius 1 is 1.27 bits per heavy atom. The monoisotopic (exact) mass is 157 g/mol. The van der Waals surface area contributed by atoms with Gasteiger partial charge in [0.15, 0.2) is 0 Å². The van der Waals surface area contributed by atoms with Gasteiger partial charge < -0.3 is 10.1 Å². The molecule has 1 heterocycles. The number of rotatable bonds is 2. The number of hydrogen-bond acceptors (Lipinski definition) is 2. The van der Waals surface area contributed by atoms with E-state index in [-0.39, 0.29) is 5.60 Å². The maximum Gasteiger partial charge on any atom is 0.0682 e. The van der Waals surface area contributed by atoms with Crippen LogP contribution in [-0.4, -0.2) is 24.8 Å². The van der Waals surface area contributed by atoms with Gasteiger partial charge in [0, 0.05) is 0 Å². The van der Waals surface area contributed by atoms with Gasteiger partial charge in [0.2, 0.25) is 0 Å². The Kier molecular flexibility index (Phi) is 2.90. The normalized spacial score (nSPS) is 24.0. The van der Waals surface area contributed by atoms with E-state index in [2.05, 4.69) is 26.1 Å². The molecule has 0 radical (unpaired) electrons. The van der Waals surface area contributed by atoms with Crippen LogP contribution in [0, 0.1) is 0 Å². The van der Waals surface area contributed by atoms with Crippen LogP contribution in [0.15, 0.2) is 0 Å².